The molecule has 1 saturated heterocycles. The summed E-state index contributed by atoms with van der Waals surface area (Å²) >= 11 is 1.73. The van der Waals surface area contributed by atoms with Crippen LogP contribution in [0.5, 0.6) is 0 Å². The third kappa shape index (κ3) is 4.14. The molecule has 2 aliphatic rings. The zero-order valence-corrected chi connectivity index (χ0v) is 12.0. The molecule has 1 heterocycles. The van der Waals surface area contributed by atoms with Gasteiger partial charge in [-0.05, 0) is 50.2 Å². The van der Waals surface area contributed by atoms with Gasteiger partial charge in [0.2, 0.25) is 5.91 Å². The van der Waals surface area contributed by atoms with Crippen LogP contribution < -0.4 is 11.1 Å². The van der Waals surface area contributed by atoms with E-state index < -0.39 is 0 Å². The second kappa shape index (κ2) is 6.78. The standard InChI is InChI=1S/C13H25N3OS/c1-18-7-5-12(14)13(17)15-8-10-4-6-16(9-10)11-2-3-11/h10-12H,2-9,14H2,1H3,(H,15,17)/t10?,12-/m1/s1. The second-order valence-corrected chi connectivity index (χ2v) is 6.50. The molecule has 0 radical (unpaired) electrons. The van der Waals surface area contributed by atoms with Crippen molar-refractivity contribution < 1.29 is 4.79 Å². The SMILES string of the molecule is CSCC[C@@H](N)C(=O)NCC1CCN(C2CC2)C1. The molecular weight excluding hydrogens is 246 g/mol. The van der Waals surface area contributed by atoms with E-state index in [9.17, 15) is 4.79 Å². The summed E-state index contributed by atoms with van der Waals surface area (Å²) in [5, 5.41) is 3.01. The van der Waals surface area contributed by atoms with Crippen molar-refractivity contribution in [3.63, 3.8) is 0 Å². The Labute approximate surface area is 114 Å². The lowest BCUT2D eigenvalue weighted by Gasteiger charge is -2.16. The number of thioether (sulfide) groups is 1. The summed E-state index contributed by atoms with van der Waals surface area (Å²) in [4.78, 5) is 14.3. The molecule has 1 aliphatic carbocycles. The second-order valence-electron chi connectivity index (χ2n) is 5.51. The minimum Gasteiger partial charge on any atom is -0.354 e. The minimum atomic E-state index is -0.335. The van der Waals surface area contributed by atoms with Gasteiger partial charge in [-0.25, -0.2) is 0 Å². The van der Waals surface area contributed by atoms with Crippen molar-refractivity contribution >= 4 is 17.7 Å². The Bertz CT molecular complexity index is 283. The molecule has 2 fully saturated rings. The predicted octanol–water partition coefficient (Wildman–Crippen LogP) is 0.667. The van der Waals surface area contributed by atoms with E-state index in [-0.39, 0.29) is 11.9 Å². The van der Waals surface area contributed by atoms with E-state index in [4.69, 9.17) is 5.73 Å². The van der Waals surface area contributed by atoms with Crippen molar-refractivity contribution in [3.05, 3.63) is 0 Å². The van der Waals surface area contributed by atoms with Gasteiger partial charge >= 0.3 is 0 Å². The van der Waals surface area contributed by atoms with Crippen molar-refractivity contribution in [2.75, 3.05) is 31.6 Å². The van der Waals surface area contributed by atoms with E-state index in [1.807, 2.05) is 6.26 Å². The first-order valence-corrected chi connectivity index (χ1v) is 8.36. The largest absolute Gasteiger partial charge is 0.354 e. The number of hydrogen-bond acceptors (Lipinski definition) is 4. The predicted molar refractivity (Wildman–Crippen MR) is 76.7 cm³/mol. The molecule has 0 bridgehead atoms. The topological polar surface area (TPSA) is 58.4 Å². The highest BCUT2D eigenvalue weighted by atomic mass is 32.2. The molecule has 5 heteroatoms. The number of nitrogens with one attached hydrogen (secondary N) is 1. The normalized spacial score (nSPS) is 26.2. The van der Waals surface area contributed by atoms with Crippen LogP contribution in [0.3, 0.4) is 0 Å². The average Bonchev–Trinajstić information content (AvgIpc) is 3.12. The summed E-state index contributed by atoms with van der Waals surface area (Å²) in [7, 11) is 0. The Balaban J connectivity index is 1.60. The fraction of sp³-hybridized carbons (Fsp3) is 0.923. The molecule has 2 atom stereocenters. The Morgan fingerprint density at radius 2 is 2.28 bits per heavy atom. The van der Waals surface area contributed by atoms with Crippen molar-refractivity contribution in [3.8, 4) is 0 Å². The number of carbonyl (C=O) groups is 1. The maximum absolute atomic E-state index is 11.8. The summed E-state index contributed by atoms with van der Waals surface area (Å²) in [5.41, 5.74) is 5.84. The summed E-state index contributed by atoms with van der Waals surface area (Å²) < 4.78 is 0. The van der Waals surface area contributed by atoms with E-state index in [1.54, 1.807) is 11.8 Å². The molecule has 1 amide bonds. The first kappa shape index (κ1) is 14.2. The number of nitrogens with two attached hydrogens (primary N) is 1. The van der Waals surface area contributed by atoms with E-state index in [0.29, 0.717) is 5.92 Å². The van der Waals surface area contributed by atoms with Crippen LogP contribution in [0.4, 0.5) is 0 Å². The summed E-state index contributed by atoms with van der Waals surface area (Å²) in [6, 6.07) is 0.521. The number of carbonyl (C=O) groups excluding carboxylic acids is 1. The van der Waals surface area contributed by atoms with E-state index in [1.165, 1.54) is 25.8 Å². The van der Waals surface area contributed by atoms with Crippen LogP contribution in [-0.2, 0) is 4.79 Å². The smallest absolute Gasteiger partial charge is 0.236 e. The molecule has 0 aromatic rings. The molecule has 1 saturated carbocycles. The molecule has 4 nitrogen and oxygen atoms in total. The summed E-state index contributed by atoms with van der Waals surface area (Å²) in [6.45, 7) is 3.17. The summed E-state index contributed by atoms with van der Waals surface area (Å²) in [5.74, 6) is 1.60. The van der Waals surface area contributed by atoms with Crippen LogP contribution in [0.15, 0.2) is 0 Å². The van der Waals surface area contributed by atoms with Crippen LogP contribution in [0.1, 0.15) is 25.7 Å². The van der Waals surface area contributed by atoms with Crippen molar-refractivity contribution in [2.24, 2.45) is 11.7 Å². The molecule has 18 heavy (non-hydrogen) atoms. The Morgan fingerprint density at radius 1 is 1.50 bits per heavy atom. The number of hydrogen-bond donors (Lipinski definition) is 2. The van der Waals surface area contributed by atoms with Crippen LogP contribution in [0, 0.1) is 5.92 Å². The van der Waals surface area contributed by atoms with Gasteiger partial charge in [0.05, 0.1) is 6.04 Å². The van der Waals surface area contributed by atoms with Gasteiger partial charge in [-0.1, -0.05) is 0 Å². The quantitative estimate of drug-likeness (QED) is 0.714. The number of likely N-dealkylation sites (tertiary alicyclic amines) is 1. The van der Waals surface area contributed by atoms with Crippen molar-refractivity contribution in [2.45, 2.75) is 37.8 Å². The van der Waals surface area contributed by atoms with Crippen LogP contribution in [0.25, 0.3) is 0 Å². The molecule has 1 aliphatic heterocycles. The van der Waals surface area contributed by atoms with Crippen LogP contribution in [-0.4, -0.2) is 54.5 Å². The third-order valence-electron chi connectivity index (χ3n) is 3.92. The van der Waals surface area contributed by atoms with Crippen molar-refractivity contribution in [1.29, 1.82) is 0 Å². The van der Waals surface area contributed by atoms with E-state index in [0.717, 1.165) is 31.3 Å². The molecule has 0 aromatic heterocycles. The molecule has 0 aromatic carbocycles. The van der Waals surface area contributed by atoms with E-state index >= 15 is 0 Å². The van der Waals surface area contributed by atoms with Crippen LogP contribution in [0.2, 0.25) is 0 Å². The fourth-order valence-electron chi connectivity index (χ4n) is 2.55. The van der Waals surface area contributed by atoms with Gasteiger partial charge in [-0.15, -0.1) is 0 Å². The highest BCUT2D eigenvalue weighted by molar-refractivity contribution is 7.98. The third-order valence-corrected chi connectivity index (χ3v) is 4.56. The summed E-state index contributed by atoms with van der Waals surface area (Å²) in [6.07, 6.45) is 6.77. The molecule has 3 N–H and O–H groups in total. The lowest BCUT2D eigenvalue weighted by Crippen LogP contribution is -2.43. The Morgan fingerprint density at radius 3 is 2.94 bits per heavy atom. The number of rotatable bonds is 7. The molecule has 2 rings (SSSR count). The van der Waals surface area contributed by atoms with Gasteiger partial charge < -0.3 is 16.0 Å². The minimum absolute atomic E-state index is 0.0221. The molecular formula is C13H25N3OS. The molecule has 0 spiro atoms. The number of nitrogens with zero attached hydrogens (tertiary/aromatic N) is 1. The highest BCUT2D eigenvalue weighted by Gasteiger charge is 2.34. The molecule has 1 unspecified atom stereocenters. The first-order chi connectivity index (χ1) is 8.70. The monoisotopic (exact) mass is 271 g/mol. The fourth-order valence-corrected chi connectivity index (χ4v) is 3.04. The average molecular weight is 271 g/mol. The van der Waals surface area contributed by atoms with Gasteiger partial charge in [0.1, 0.15) is 0 Å². The van der Waals surface area contributed by atoms with E-state index in [2.05, 4.69) is 10.2 Å². The maximum Gasteiger partial charge on any atom is 0.236 e. The maximum atomic E-state index is 11.8. The van der Waals surface area contributed by atoms with Crippen LogP contribution >= 0.6 is 11.8 Å². The first-order valence-electron chi connectivity index (χ1n) is 6.97. The van der Waals surface area contributed by atoms with Gasteiger partial charge in [0, 0.05) is 19.1 Å². The Hall–Kier alpha value is -0.260. The zero-order chi connectivity index (χ0) is 13.0. The highest BCUT2D eigenvalue weighted by Crippen LogP contribution is 2.31. The van der Waals surface area contributed by atoms with Gasteiger partial charge in [-0.2, -0.15) is 11.8 Å². The van der Waals surface area contributed by atoms with Gasteiger partial charge in [-0.3, -0.25) is 4.79 Å². The van der Waals surface area contributed by atoms with Gasteiger partial charge in [0.15, 0.2) is 0 Å². The molecule has 104 valence electrons. The van der Waals surface area contributed by atoms with Crippen molar-refractivity contribution in [1.82, 2.24) is 10.2 Å². The van der Waals surface area contributed by atoms with Gasteiger partial charge in [0.25, 0.3) is 0 Å². The Kier molecular flexibility index (Phi) is 5.33. The lowest BCUT2D eigenvalue weighted by atomic mass is 10.1. The zero-order valence-electron chi connectivity index (χ0n) is 11.2. The lowest BCUT2D eigenvalue weighted by molar-refractivity contribution is -0.122. The number of amides is 1.